The number of amides is 1. The van der Waals surface area contributed by atoms with E-state index < -0.39 is 5.60 Å². The second kappa shape index (κ2) is 7.43. The highest BCUT2D eigenvalue weighted by Gasteiger charge is 2.32. The highest BCUT2D eigenvalue weighted by molar-refractivity contribution is 7.99. The first-order chi connectivity index (χ1) is 10.8. The summed E-state index contributed by atoms with van der Waals surface area (Å²) in [6, 6.07) is 3.87. The number of esters is 1. The second-order valence-corrected chi connectivity index (χ2v) is 7.74. The molecule has 6 heteroatoms. The molecule has 0 bridgehead atoms. The van der Waals surface area contributed by atoms with E-state index in [-0.39, 0.29) is 23.7 Å². The summed E-state index contributed by atoms with van der Waals surface area (Å²) in [5.41, 5.74) is -0.506. The summed E-state index contributed by atoms with van der Waals surface area (Å²) in [6.45, 7) is 7.90. The maximum absolute atomic E-state index is 12.3. The normalized spacial score (nSPS) is 19.0. The van der Waals surface area contributed by atoms with Crippen LogP contribution in [0.4, 0.5) is 0 Å². The monoisotopic (exact) mass is 339 g/mol. The van der Waals surface area contributed by atoms with Crippen molar-refractivity contribution in [3.63, 3.8) is 0 Å². The lowest BCUT2D eigenvalue weighted by molar-refractivity contribution is -0.155. The van der Waals surface area contributed by atoms with E-state index in [1.54, 1.807) is 16.7 Å². The van der Waals surface area contributed by atoms with Gasteiger partial charge < -0.3 is 14.1 Å². The van der Waals surface area contributed by atoms with Gasteiger partial charge in [0.1, 0.15) is 22.5 Å². The Balaban J connectivity index is 2.03. The van der Waals surface area contributed by atoms with Gasteiger partial charge in [-0.1, -0.05) is 6.92 Å². The topological polar surface area (TPSA) is 59.8 Å². The molecular formula is C17H25NO4S. The van der Waals surface area contributed by atoms with Gasteiger partial charge in [0, 0.05) is 25.1 Å². The van der Waals surface area contributed by atoms with Gasteiger partial charge in [-0.3, -0.25) is 9.59 Å². The molecule has 1 amide bonds. The van der Waals surface area contributed by atoms with Crippen molar-refractivity contribution in [3.05, 3.63) is 23.7 Å². The third kappa shape index (κ3) is 5.03. The minimum Gasteiger partial charge on any atom is -0.463 e. The fourth-order valence-corrected chi connectivity index (χ4v) is 3.63. The first-order valence-electron chi connectivity index (χ1n) is 8.01. The van der Waals surface area contributed by atoms with E-state index in [1.165, 1.54) is 0 Å². The van der Waals surface area contributed by atoms with E-state index in [4.69, 9.17) is 9.15 Å². The number of thioether (sulfide) groups is 1. The Kier molecular flexibility index (Phi) is 5.79. The number of hydrogen-bond donors (Lipinski definition) is 0. The number of carbonyl (C=O) groups is 2. The van der Waals surface area contributed by atoms with Gasteiger partial charge >= 0.3 is 5.97 Å². The van der Waals surface area contributed by atoms with Crippen LogP contribution in [0.2, 0.25) is 0 Å². The van der Waals surface area contributed by atoms with Gasteiger partial charge in [0.25, 0.3) is 0 Å². The zero-order chi connectivity index (χ0) is 17.0. The number of carbonyl (C=O) groups excluding carboxylic acids is 2. The van der Waals surface area contributed by atoms with Crippen molar-refractivity contribution >= 4 is 23.6 Å². The molecule has 0 spiro atoms. The molecule has 1 unspecified atom stereocenters. The van der Waals surface area contributed by atoms with Crippen LogP contribution in [0.3, 0.4) is 0 Å². The summed E-state index contributed by atoms with van der Waals surface area (Å²) in [4.78, 5) is 25.9. The molecule has 1 aliphatic heterocycles. The summed E-state index contributed by atoms with van der Waals surface area (Å²) in [5, 5.41) is -0.154. The van der Waals surface area contributed by atoms with Crippen LogP contribution >= 0.6 is 11.8 Å². The van der Waals surface area contributed by atoms with E-state index in [0.29, 0.717) is 13.0 Å². The predicted molar refractivity (Wildman–Crippen MR) is 90.1 cm³/mol. The third-order valence-electron chi connectivity index (χ3n) is 3.45. The van der Waals surface area contributed by atoms with Crippen molar-refractivity contribution in [3.8, 4) is 0 Å². The lowest BCUT2D eigenvalue weighted by atomic mass is 10.2. The number of rotatable bonds is 5. The van der Waals surface area contributed by atoms with Crippen molar-refractivity contribution in [1.82, 2.24) is 4.90 Å². The predicted octanol–water partition coefficient (Wildman–Crippen LogP) is 3.54. The first-order valence-corrected chi connectivity index (χ1v) is 9.06. The van der Waals surface area contributed by atoms with E-state index in [1.807, 2.05) is 39.8 Å². The third-order valence-corrected chi connectivity index (χ3v) is 4.69. The highest BCUT2D eigenvalue weighted by Crippen LogP contribution is 2.38. The lowest BCUT2D eigenvalue weighted by Crippen LogP contribution is -2.39. The minimum atomic E-state index is -0.506. The van der Waals surface area contributed by atoms with Crippen LogP contribution in [0.5, 0.6) is 0 Å². The fraction of sp³-hybridized carbons (Fsp3) is 0.647. The maximum Gasteiger partial charge on any atom is 0.308 e. The average Bonchev–Trinajstić information content (AvgIpc) is 2.92. The van der Waals surface area contributed by atoms with E-state index in [2.05, 4.69) is 0 Å². The van der Waals surface area contributed by atoms with Crippen LogP contribution in [0, 0.1) is 0 Å². The van der Waals surface area contributed by atoms with Crippen molar-refractivity contribution in [2.75, 3.05) is 12.3 Å². The molecule has 2 heterocycles. The summed E-state index contributed by atoms with van der Waals surface area (Å²) in [5.74, 6) is 2.24. The summed E-state index contributed by atoms with van der Waals surface area (Å²) >= 11 is 1.68. The Morgan fingerprint density at radius 2 is 2.17 bits per heavy atom. The smallest absolute Gasteiger partial charge is 0.308 e. The summed E-state index contributed by atoms with van der Waals surface area (Å²) in [7, 11) is 0. The standard InChI is InChI=1S/C17H25NO4S/c1-5-12-6-7-13(21-12)16-18(14(19)9-11-23-16)10-8-15(20)22-17(2,3)4/h6-7,16H,5,8-11H2,1-4H3. The summed E-state index contributed by atoms with van der Waals surface area (Å²) < 4.78 is 11.1. The zero-order valence-electron chi connectivity index (χ0n) is 14.3. The Morgan fingerprint density at radius 3 is 2.78 bits per heavy atom. The Labute approximate surface area is 141 Å². The zero-order valence-corrected chi connectivity index (χ0v) is 15.1. The molecule has 0 radical (unpaired) electrons. The first kappa shape index (κ1) is 17.9. The van der Waals surface area contributed by atoms with Crippen molar-refractivity contribution in [2.24, 2.45) is 0 Å². The molecule has 0 aliphatic carbocycles. The van der Waals surface area contributed by atoms with Crippen molar-refractivity contribution in [2.45, 2.75) is 57.9 Å². The molecule has 5 nitrogen and oxygen atoms in total. The molecule has 0 saturated carbocycles. The van der Waals surface area contributed by atoms with Gasteiger partial charge in [-0.25, -0.2) is 0 Å². The Hall–Kier alpha value is -1.43. The van der Waals surface area contributed by atoms with Gasteiger partial charge in [0.05, 0.1) is 6.42 Å². The van der Waals surface area contributed by atoms with Crippen LogP contribution in [0.1, 0.15) is 57.4 Å². The minimum absolute atomic E-state index is 0.0618. The lowest BCUT2D eigenvalue weighted by Gasteiger charge is -2.34. The van der Waals surface area contributed by atoms with E-state index >= 15 is 0 Å². The molecule has 1 fully saturated rings. The number of aryl methyl sites for hydroxylation is 1. The van der Waals surface area contributed by atoms with Gasteiger partial charge in [-0.2, -0.15) is 0 Å². The van der Waals surface area contributed by atoms with Gasteiger partial charge in [0.15, 0.2) is 0 Å². The molecule has 1 atom stereocenters. The maximum atomic E-state index is 12.3. The van der Waals surface area contributed by atoms with Crippen molar-refractivity contribution in [1.29, 1.82) is 0 Å². The number of nitrogens with zero attached hydrogens (tertiary/aromatic N) is 1. The molecular weight excluding hydrogens is 314 g/mol. The molecule has 1 aliphatic rings. The Morgan fingerprint density at radius 1 is 1.43 bits per heavy atom. The number of furan rings is 1. The molecule has 1 saturated heterocycles. The summed E-state index contributed by atoms with van der Waals surface area (Å²) in [6.07, 6.45) is 1.52. The van der Waals surface area contributed by atoms with Gasteiger partial charge in [0.2, 0.25) is 5.91 Å². The SMILES string of the molecule is CCc1ccc(C2SCCC(=O)N2CCC(=O)OC(C)(C)C)o1. The average molecular weight is 339 g/mol. The molecule has 23 heavy (non-hydrogen) atoms. The quantitative estimate of drug-likeness (QED) is 0.768. The van der Waals surface area contributed by atoms with Crippen LogP contribution in [-0.4, -0.2) is 34.7 Å². The number of hydrogen-bond acceptors (Lipinski definition) is 5. The largest absolute Gasteiger partial charge is 0.463 e. The highest BCUT2D eigenvalue weighted by atomic mass is 32.2. The fourth-order valence-electron chi connectivity index (χ4n) is 2.42. The van der Waals surface area contributed by atoms with Gasteiger partial charge in [-0.15, -0.1) is 11.8 Å². The molecule has 0 N–H and O–H groups in total. The second-order valence-electron chi connectivity index (χ2n) is 6.55. The van der Waals surface area contributed by atoms with Crippen LogP contribution in [0.25, 0.3) is 0 Å². The molecule has 128 valence electrons. The molecule has 1 aromatic rings. The Bertz CT molecular complexity index is 561. The van der Waals surface area contributed by atoms with E-state index in [9.17, 15) is 9.59 Å². The molecule has 2 rings (SSSR count). The molecule has 1 aromatic heterocycles. The van der Waals surface area contributed by atoms with Crippen molar-refractivity contribution < 1.29 is 18.7 Å². The van der Waals surface area contributed by atoms with Crippen LogP contribution in [-0.2, 0) is 20.7 Å². The van der Waals surface area contributed by atoms with E-state index in [0.717, 1.165) is 23.7 Å². The van der Waals surface area contributed by atoms with Crippen LogP contribution < -0.4 is 0 Å². The van der Waals surface area contributed by atoms with Gasteiger partial charge in [-0.05, 0) is 32.9 Å². The molecule has 0 aromatic carbocycles. The van der Waals surface area contributed by atoms with Crippen LogP contribution in [0.15, 0.2) is 16.5 Å². The number of ether oxygens (including phenoxy) is 1.